The van der Waals surface area contributed by atoms with E-state index in [2.05, 4.69) is 39.2 Å². The van der Waals surface area contributed by atoms with Gasteiger partial charge in [0.25, 0.3) is 10.1 Å². The van der Waals surface area contributed by atoms with E-state index >= 15 is 0 Å². The van der Waals surface area contributed by atoms with Crippen LogP contribution in [0.5, 0.6) is 0 Å². The standard InChI is InChI=1S/C22H39NO6SSi/c1-21(2,3)28-20(24)23-18(15-17-13-11-10-12-14-17)19(29-30(7,25)26)16-27-31(8,9)22(4,5)6/h10-14,18-19H,15-16H2,1-9H3,(H,23,24)/t18-,19-/m0/s1. The van der Waals surface area contributed by atoms with Gasteiger partial charge < -0.3 is 14.5 Å². The molecular weight excluding hydrogens is 434 g/mol. The van der Waals surface area contributed by atoms with E-state index in [1.54, 1.807) is 20.8 Å². The molecule has 0 fully saturated rings. The van der Waals surface area contributed by atoms with E-state index in [4.69, 9.17) is 13.3 Å². The van der Waals surface area contributed by atoms with E-state index in [1.807, 2.05) is 30.3 Å². The summed E-state index contributed by atoms with van der Waals surface area (Å²) in [7, 11) is -5.97. The molecule has 0 aliphatic rings. The molecule has 0 spiro atoms. The van der Waals surface area contributed by atoms with Crippen LogP contribution < -0.4 is 5.32 Å². The number of amides is 1. The molecule has 1 amide bonds. The minimum atomic E-state index is -3.79. The number of hydrogen-bond donors (Lipinski definition) is 1. The molecule has 1 aromatic rings. The van der Waals surface area contributed by atoms with Gasteiger partial charge >= 0.3 is 6.09 Å². The Hall–Kier alpha value is -1.42. The second kappa shape index (κ2) is 10.5. The lowest BCUT2D eigenvalue weighted by Gasteiger charge is -2.38. The van der Waals surface area contributed by atoms with Crippen LogP contribution in [0.3, 0.4) is 0 Å². The van der Waals surface area contributed by atoms with Crippen LogP contribution in [-0.2, 0) is 29.9 Å². The van der Waals surface area contributed by atoms with Gasteiger partial charge in [0.15, 0.2) is 8.32 Å². The fraction of sp³-hybridized carbons (Fsp3) is 0.682. The summed E-state index contributed by atoms with van der Waals surface area (Å²) in [5.41, 5.74) is 0.240. The van der Waals surface area contributed by atoms with Gasteiger partial charge in [-0.05, 0) is 50.9 Å². The first kappa shape index (κ1) is 27.6. The molecule has 0 aliphatic carbocycles. The van der Waals surface area contributed by atoms with Crippen LogP contribution in [0.15, 0.2) is 30.3 Å². The van der Waals surface area contributed by atoms with E-state index in [0.29, 0.717) is 6.42 Å². The Morgan fingerprint density at radius 3 is 2.06 bits per heavy atom. The van der Waals surface area contributed by atoms with E-state index in [1.165, 1.54) is 0 Å². The van der Waals surface area contributed by atoms with Crippen LogP contribution in [0.4, 0.5) is 4.79 Å². The van der Waals surface area contributed by atoms with Crippen LogP contribution >= 0.6 is 0 Å². The number of rotatable bonds is 9. The van der Waals surface area contributed by atoms with Gasteiger partial charge in [-0.15, -0.1) is 0 Å². The van der Waals surface area contributed by atoms with Crippen LogP contribution in [0.1, 0.15) is 47.1 Å². The Bertz CT molecular complexity index is 813. The molecule has 7 nitrogen and oxygen atoms in total. The van der Waals surface area contributed by atoms with Crippen molar-refractivity contribution in [1.82, 2.24) is 5.32 Å². The van der Waals surface area contributed by atoms with Gasteiger partial charge in [-0.2, -0.15) is 8.42 Å². The third-order valence-corrected chi connectivity index (χ3v) is 10.3. The van der Waals surface area contributed by atoms with Crippen molar-refractivity contribution >= 4 is 24.5 Å². The molecule has 9 heteroatoms. The number of ether oxygens (including phenoxy) is 1. The Kier molecular flexibility index (Phi) is 9.32. The zero-order valence-electron chi connectivity index (χ0n) is 20.3. The fourth-order valence-electron chi connectivity index (χ4n) is 2.54. The summed E-state index contributed by atoms with van der Waals surface area (Å²) in [6, 6.07) is 8.82. The minimum absolute atomic E-state index is 0.0386. The van der Waals surface area contributed by atoms with Gasteiger partial charge in [0.2, 0.25) is 0 Å². The molecule has 1 N–H and O–H groups in total. The quantitative estimate of drug-likeness (QED) is 0.420. The second-order valence-corrected chi connectivity index (χ2v) is 16.8. The summed E-state index contributed by atoms with van der Waals surface area (Å²) < 4.78 is 41.1. The molecule has 0 saturated heterocycles. The number of nitrogens with one attached hydrogen (secondary N) is 1. The summed E-state index contributed by atoms with van der Waals surface area (Å²) in [6.07, 6.45) is -0.180. The van der Waals surface area contributed by atoms with Crippen molar-refractivity contribution in [3.05, 3.63) is 35.9 Å². The third-order valence-electron chi connectivity index (χ3n) is 5.16. The molecule has 2 atom stereocenters. The van der Waals surface area contributed by atoms with Crippen molar-refractivity contribution in [2.45, 2.75) is 83.8 Å². The topological polar surface area (TPSA) is 90.9 Å². The molecule has 0 radical (unpaired) electrons. The summed E-state index contributed by atoms with van der Waals surface area (Å²) in [4.78, 5) is 12.5. The molecule has 1 rings (SSSR count). The lowest BCUT2D eigenvalue weighted by atomic mass is 10.0. The molecule has 0 unspecified atom stereocenters. The maximum atomic E-state index is 12.5. The maximum Gasteiger partial charge on any atom is 0.407 e. The molecule has 0 saturated carbocycles. The highest BCUT2D eigenvalue weighted by atomic mass is 32.2. The predicted molar refractivity (Wildman–Crippen MR) is 126 cm³/mol. The van der Waals surface area contributed by atoms with Gasteiger partial charge in [-0.3, -0.25) is 4.18 Å². The predicted octanol–water partition coefficient (Wildman–Crippen LogP) is 4.49. The Morgan fingerprint density at radius 2 is 1.61 bits per heavy atom. The Morgan fingerprint density at radius 1 is 1.06 bits per heavy atom. The molecule has 0 aromatic heterocycles. The van der Waals surface area contributed by atoms with Gasteiger partial charge in [0.1, 0.15) is 11.7 Å². The zero-order valence-corrected chi connectivity index (χ0v) is 22.1. The average Bonchev–Trinajstić information content (AvgIpc) is 2.55. The monoisotopic (exact) mass is 473 g/mol. The van der Waals surface area contributed by atoms with Gasteiger partial charge in [0, 0.05) is 0 Å². The normalized spacial score (nSPS) is 15.3. The number of benzene rings is 1. The van der Waals surface area contributed by atoms with Crippen molar-refractivity contribution in [1.29, 1.82) is 0 Å². The Balaban J connectivity index is 3.20. The van der Waals surface area contributed by atoms with Crippen molar-refractivity contribution in [2.24, 2.45) is 0 Å². The van der Waals surface area contributed by atoms with Gasteiger partial charge in [-0.25, -0.2) is 4.79 Å². The van der Waals surface area contributed by atoms with Crippen LogP contribution in [0.2, 0.25) is 18.1 Å². The summed E-state index contributed by atoms with van der Waals surface area (Å²) in [6.45, 7) is 15.8. The van der Waals surface area contributed by atoms with Crippen LogP contribution in [0.25, 0.3) is 0 Å². The number of carbonyl (C=O) groups is 1. The highest BCUT2D eigenvalue weighted by Crippen LogP contribution is 2.36. The first-order valence-corrected chi connectivity index (χ1v) is 15.2. The fourth-order valence-corrected chi connectivity index (χ4v) is 4.20. The number of alkyl carbamates (subject to hydrolysis) is 1. The van der Waals surface area contributed by atoms with E-state index in [-0.39, 0.29) is 11.6 Å². The van der Waals surface area contributed by atoms with Gasteiger partial charge in [-0.1, -0.05) is 51.1 Å². The number of hydrogen-bond acceptors (Lipinski definition) is 6. The van der Waals surface area contributed by atoms with E-state index in [0.717, 1.165) is 11.8 Å². The number of carbonyl (C=O) groups excluding carboxylic acids is 1. The molecule has 0 aliphatic heterocycles. The van der Waals surface area contributed by atoms with Gasteiger partial charge in [0.05, 0.1) is 18.9 Å². The molecule has 178 valence electrons. The molecule has 0 bridgehead atoms. The largest absolute Gasteiger partial charge is 0.444 e. The highest BCUT2D eigenvalue weighted by Gasteiger charge is 2.39. The van der Waals surface area contributed by atoms with Crippen molar-refractivity contribution in [3.63, 3.8) is 0 Å². The van der Waals surface area contributed by atoms with Crippen LogP contribution in [-0.4, -0.2) is 53.4 Å². The second-order valence-electron chi connectivity index (χ2n) is 10.4. The van der Waals surface area contributed by atoms with Crippen molar-refractivity contribution < 1.29 is 26.6 Å². The molecule has 31 heavy (non-hydrogen) atoms. The Labute approximate surface area is 189 Å². The molecule has 1 aromatic carbocycles. The summed E-state index contributed by atoms with van der Waals surface area (Å²) in [5.74, 6) is 0. The summed E-state index contributed by atoms with van der Waals surface area (Å²) in [5, 5.41) is 2.75. The molecule has 0 heterocycles. The summed E-state index contributed by atoms with van der Waals surface area (Å²) >= 11 is 0. The SMILES string of the molecule is CC(C)(C)OC(=O)N[C@@H](Cc1ccccc1)[C@H](CO[Si](C)(C)C(C)(C)C)OS(C)(=O)=O. The third kappa shape index (κ3) is 10.6. The van der Waals surface area contributed by atoms with Crippen molar-refractivity contribution in [2.75, 3.05) is 12.9 Å². The zero-order chi connectivity index (χ0) is 24.1. The van der Waals surface area contributed by atoms with Crippen LogP contribution in [0, 0.1) is 0 Å². The van der Waals surface area contributed by atoms with Crippen molar-refractivity contribution in [3.8, 4) is 0 Å². The first-order valence-electron chi connectivity index (χ1n) is 10.5. The minimum Gasteiger partial charge on any atom is -0.444 e. The lowest BCUT2D eigenvalue weighted by Crippen LogP contribution is -2.52. The first-order chi connectivity index (χ1) is 13.9. The molecular formula is C22H39NO6SSi. The highest BCUT2D eigenvalue weighted by molar-refractivity contribution is 7.86. The van der Waals surface area contributed by atoms with E-state index < -0.39 is 42.3 Å². The van der Waals surface area contributed by atoms with E-state index in [9.17, 15) is 13.2 Å². The average molecular weight is 474 g/mol. The smallest absolute Gasteiger partial charge is 0.407 e. The maximum absolute atomic E-state index is 12.5. The lowest BCUT2D eigenvalue weighted by molar-refractivity contribution is 0.0397.